The maximum absolute atomic E-state index is 12.6. The van der Waals surface area contributed by atoms with Crippen LogP contribution in [0.5, 0.6) is 0 Å². The van der Waals surface area contributed by atoms with Crippen LogP contribution >= 0.6 is 0 Å². The average Bonchev–Trinajstić information content (AvgIpc) is 3.06. The summed E-state index contributed by atoms with van der Waals surface area (Å²) in [6, 6.07) is 2.87. The molecule has 1 N–H and O–H groups in total. The minimum Gasteiger partial charge on any atom is -0.480 e. The molecule has 0 saturated heterocycles. The molecule has 0 saturated carbocycles. The third kappa shape index (κ3) is 2.12. The standard InChI is InChI=1S/C15H16N6O3/c1-19-13-9(4-3-7-16-13)10(17-19)8-20-15(24)21-11(14(22)23)5-2-6-12(21)18-20/h3-4,7,11H,2,5-6,8H2,1H3,(H,22,23)/t11-/m0/s1. The second-order valence-corrected chi connectivity index (χ2v) is 5.92. The number of nitrogens with zero attached hydrogens (tertiary/aromatic N) is 6. The van der Waals surface area contributed by atoms with E-state index in [9.17, 15) is 14.7 Å². The molecule has 0 aromatic carbocycles. The Morgan fingerprint density at radius 2 is 2.25 bits per heavy atom. The molecule has 0 fully saturated rings. The molecule has 9 heteroatoms. The van der Waals surface area contributed by atoms with E-state index in [0.717, 1.165) is 11.0 Å². The first kappa shape index (κ1) is 14.6. The van der Waals surface area contributed by atoms with Crippen LogP contribution in [-0.2, 0) is 24.8 Å². The van der Waals surface area contributed by atoms with Gasteiger partial charge in [-0.1, -0.05) is 0 Å². The second-order valence-electron chi connectivity index (χ2n) is 5.92. The zero-order valence-corrected chi connectivity index (χ0v) is 13.1. The number of carboxylic acids is 1. The van der Waals surface area contributed by atoms with Gasteiger partial charge in [-0.2, -0.15) is 10.2 Å². The van der Waals surface area contributed by atoms with Gasteiger partial charge in [0, 0.05) is 25.1 Å². The van der Waals surface area contributed by atoms with Crippen molar-refractivity contribution in [1.29, 1.82) is 0 Å². The van der Waals surface area contributed by atoms with Crippen LogP contribution in [-0.4, -0.2) is 40.2 Å². The molecule has 4 rings (SSSR count). The third-order valence-corrected chi connectivity index (χ3v) is 4.39. The van der Waals surface area contributed by atoms with Gasteiger partial charge >= 0.3 is 11.7 Å². The van der Waals surface area contributed by atoms with Gasteiger partial charge in [0.1, 0.15) is 11.9 Å². The van der Waals surface area contributed by atoms with Crippen molar-refractivity contribution in [3.63, 3.8) is 0 Å². The van der Waals surface area contributed by atoms with E-state index in [1.807, 2.05) is 12.1 Å². The molecule has 0 radical (unpaired) electrons. The first-order valence-electron chi connectivity index (χ1n) is 7.74. The molecule has 0 amide bonds. The number of rotatable bonds is 3. The minimum atomic E-state index is -0.995. The monoisotopic (exact) mass is 328 g/mol. The van der Waals surface area contributed by atoms with Gasteiger partial charge in [-0.15, -0.1) is 0 Å². The topological polar surface area (TPSA) is 108 Å². The van der Waals surface area contributed by atoms with Crippen molar-refractivity contribution in [3.8, 4) is 0 Å². The molecule has 0 unspecified atom stereocenters. The van der Waals surface area contributed by atoms with E-state index < -0.39 is 17.7 Å². The first-order valence-corrected chi connectivity index (χ1v) is 7.74. The summed E-state index contributed by atoms with van der Waals surface area (Å²) in [4.78, 5) is 28.3. The van der Waals surface area contributed by atoms with Gasteiger partial charge in [0.05, 0.1) is 12.2 Å². The predicted octanol–water partition coefficient (Wildman–Crippen LogP) is 0.337. The number of pyridine rings is 1. The number of carboxylic acid groups (broad SMARTS) is 1. The molecule has 0 bridgehead atoms. The smallest absolute Gasteiger partial charge is 0.347 e. The number of hydrogen-bond donors (Lipinski definition) is 1. The lowest BCUT2D eigenvalue weighted by atomic mass is 10.1. The zero-order chi connectivity index (χ0) is 16.8. The highest BCUT2D eigenvalue weighted by molar-refractivity contribution is 5.78. The molecular weight excluding hydrogens is 312 g/mol. The van der Waals surface area contributed by atoms with Crippen molar-refractivity contribution >= 4 is 17.0 Å². The molecule has 24 heavy (non-hydrogen) atoms. The van der Waals surface area contributed by atoms with Crippen molar-refractivity contribution in [2.75, 3.05) is 0 Å². The third-order valence-electron chi connectivity index (χ3n) is 4.39. The molecule has 3 aromatic heterocycles. The largest absolute Gasteiger partial charge is 0.480 e. The maximum atomic E-state index is 12.6. The highest BCUT2D eigenvalue weighted by Gasteiger charge is 2.30. The van der Waals surface area contributed by atoms with Crippen molar-refractivity contribution < 1.29 is 9.90 Å². The van der Waals surface area contributed by atoms with Crippen LogP contribution in [0, 0.1) is 0 Å². The Bertz CT molecular complexity index is 998. The normalized spacial score (nSPS) is 17.1. The van der Waals surface area contributed by atoms with Gasteiger partial charge in [-0.25, -0.2) is 19.3 Å². The average molecular weight is 328 g/mol. The van der Waals surface area contributed by atoms with E-state index in [-0.39, 0.29) is 6.54 Å². The number of aryl methyl sites for hydroxylation is 2. The number of hydrogen-bond acceptors (Lipinski definition) is 5. The van der Waals surface area contributed by atoms with Gasteiger partial charge in [0.15, 0.2) is 5.65 Å². The molecule has 1 atom stereocenters. The molecule has 0 aliphatic carbocycles. The van der Waals surface area contributed by atoms with Gasteiger partial charge < -0.3 is 5.11 Å². The van der Waals surface area contributed by atoms with Crippen LogP contribution in [0.3, 0.4) is 0 Å². The van der Waals surface area contributed by atoms with Crippen molar-refractivity contribution in [2.45, 2.75) is 31.8 Å². The molecule has 0 spiro atoms. The van der Waals surface area contributed by atoms with E-state index in [1.165, 1.54) is 9.25 Å². The van der Waals surface area contributed by atoms with E-state index in [2.05, 4.69) is 15.2 Å². The lowest BCUT2D eigenvalue weighted by Crippen LogP contribution is -2.34. The minimum absolute atomic E-state index is 0.189. The summed E-state index contributed by atoms with van der Waals surface area (Å²) >= 11 is 0. The molecule has 1 aliphatic heterocycles. The number of fused-ring (bicyclic) bond motifs is 2. The van der Waals surface area contributed by atoms with Gasteiger partial charge in [-0.05, 0) is 25.0 Å². The van der Waals surface area contributed by atoms with E-state index in [4.69, 9.17) is 0 Å². The van der Waals surface area contributed by atoms with E-state index in [0.29, 0.717) is 30.8 Å². The molecule has 124 valence electrons. The summed E-state index contributed by atoms with van der Waals surface area (Å²) in [5.41, 5.74) is 1.01. The quantitative estimate of drug-likeness (QED) is 0.742. The number of aromatic nitrogens is 6. The van der Waals surface area contributed by atoms with E-state index in [1.54, 1.807) is 17.9 Å². The van der Waals surface area contributed by atoms with E-state index >= 15 is 0 Å². The summed E-state index contributed by atoms with van der Waals surface area (Å²) in [6.45, 7) is 0.189. The maximum Gasteiger partial charge on any atom is 0.347 e. The van der Waals surface area contributed by atoms with Crippen LogP contribution in [0.2, 0.25) is 0 Å². The van der Waals surface area contributed by atoms with Crippen LogP contribution < -0.4 is 5.69 Å². The fourth-order valence-corrected chi connectivity index (χ4v) is 3.29. The van der Waals surface area contributed by atoms with Crippen LogP contribution in [0.25, 0.3) is 11.0 Å². The Morgan fingerprint density at radius 3 is 3.04 bits per heavy atom. The van der Waals surface area contributed by atoms with Crippen LogP contribution in [0.15, 0.2) is 23.1 Å². The first-order chi connectivity index (χ1) is 11.6. The van der Waals surface area contributed by atoms with Crippen molar-refractivity contribution in [2.24, 2.45) is 7.05 Å². The van der Waals surface area contributed by atoms with Gasteiger partial charge in [0.2, 0.25) is 0 Å². The van der Waals surface area contributed by atoms with Gasteiger partial charge in [0.25, 0.3) is 0 Å². The van der Waals surface area contributed by atoms with Crippen molar-refractivity contribution in [1.82, 2.24) is 29.1 Å². The highest BCUT2D eigenvalue weighted by atomic mass is 16.4. The Kier molecular flexibility index (Phi) is 3.22. The molecule has 1 aliphatic rings. The summed E-state index contributed by atoms with van der Waals surface area (Å²) in [5.74, 6) is -0.470. The lowest BCUT2D eigenvalue weighted by molar-refractivity contribution is -0.141. The molecule has 4 heterocycles. The molecule has 9 nitrogen and oxygen atoms in total. The fraction of sp³-hybridized carbons (Fsp3) is 0.400. The second kappa shape index (κ2) is 5.29. The van der Waals surface area contributed by atoms with Crippen LogP contribution in [0.4, 0.5) is 0 Å². The Morgan fingerprint density at radius 1 is 1.42 bits per heavy atom. The van der Waals surface area contributed by atoms with Gasteiger partial charge in [-0.3, -0.25) is 9.25 Å². The van der Waals surface area contributed by atoms with Crippen LogP contribution in [0.1, 0.15) is 30.4 Å². The summed E-state index contributed by atoms with van der Waals surface area (Å²) in [6.07, 6.45) is 3.46. The highest BCUT2D eigenvalue weighted by Crippen LogP contribution is 2.22. The number of carbonyl (C=O) groups is 1. The van der Waals surface area contributed by atoms with Crippen molar-refractivity contribution in [3.05, 3.63) is 40.3 Å². The summed E-state index contributed by atoms with van der Waals surface area (Å²) in [7, 11) is 1.79. The summed E-state index contributed by atoms with van der Waals surface area (Å²) < 4.78 is 4.26. The zero-order valence-electron chi connectivity index (χ0n) is 13.1. The lowest BCUT2D eigenvalue weighted by Gasteiger charge is -2.19. The molecular formula is C15H16N6O3. The fourth-order valence-electron chi connectivity index (χ4n) is 3.29. The Hall–Kier alpha value is -2.97. The number of aliphatic carboxylic acids is 1. The summed E-state index contributed by atoms with van der Waals surface area (Å²) in [5, 5.41) is 18.9. The Balaban J connectivity index is 1.78. The predicted molar refractivity (Wildman–Crippen MR) is 83.7 cm³/mol. The SMILES string of the molecule is Cn1nc(Cn2nc3n(c2=O)[C@H](C(=O)O)CCC3)c2cccnc21. The Labute approximate surface area is 136 Å². The molecule has 3 aromatic rings.